The summed E-state index contributed by atoms with van der Waals surface area (Å²) >= 11 is 5.91. The van der Waals surface area contributed by atoms with Crippen LogP contribution in [0.25, 0.3) is 0 Å². The van der Waals surface area contributed by atoms with Crippen LogP contribution >= 0.6 is 11.6 Å². The van der Waals surface area contributed by atoms with E-state index in [2.05, 4.69) is 24.4 Å². The van der Waals surface area contributed by atoms with Gasteiger partial charge >= 0.3 is 0 Å². The van der Waals surface area contributed by atoms with Crippen molar-refractivity contribution >= 4 is 11.6 Å². The van der Waals surface area contributed by atoms with E-state index in [0.717, 1.165) is 18.1 Å². The molecule has 0 bridgehead atoms. The second-order valence-corrected chi connectivity index (χ2v) is 4.97. The molecule has 94 valence electrons. The van der Waals surface area contributed by atoms with Crippen LogP contribution in [-0.4, -0.2) is 19.2 Å². The summed E-state index contributed by atoms with van der Waals surface area (Å²) in [5.74, 6) is 0. The van der Waals surface area contributed by atoms with E-state index in [4.69, 9.17) is 16.3 Å². The number of halogens is 1. The highest BCUT2D eigenvalue weighted by Crippen LogP contribution is 2.29. The highest BCUT2D eigenvalue weighted by Gasteiger charge is 2.23. The molecule has 1 aliphatic rings. The minimum Gasteiger partial charge on any atom is -0.369 e. The van der Waals surface area contributed by atoms with Crippen LogP contribution < -0.4 is 5.32 Å². The molecule has 0 aliphatic heterocycles. The lowest BCUT2D eigenvalue weighted by molar-refractivity contribution is -0.0517. The fourth-order valence-corrected chi connectivity index (χ4v) is 2.06. The van der Waals surface area contributed by atoms with Gasteiger partial charge in [0.25, 0.3) is 0 Å². The molecule has 0 spiro atoms. The molecule has 17 heavy (non-hydrogen) atoms. The summed E-state index contributed by atoms with van der Waals surface area (Å²) in [7, 11) is 0. The quantitative estimate of drug-likeness (QED) is 0.837. The van der Waals surface area contributed by atoms with Crippen molar-refractivity contribution in [3.05, 3.63) is 34.9 Å². The van der Waals surface area contributed by atoms with Gasteiger partial charge in [0.15, 0.2) is 0 Å². The molecule has 0 heterocycles. The number of hydrogen-bond donors (Lipinski definition) is 1. The third-order valence-electron chi connectivity index (χ3n) is 3.23. The number of benzene rings is 1. The smallest absolute Gasteiger partial charge is 0.0952 e. The predicted octanol–water partition coefficient (Wildman–Crippen LogP) is 3.56. The Labute approximate surface area is 108 Å². The Morgan fingerprint density at radius 1 is 1.35 bits per heavy atom. The molecule has 1 aromatic carbocycles. The number of ether oxygens (including phenoxy) is 1. The monoisotopic (exact) mass is 253 g/mol. The Bertz CT molecular complexity index is 335. The maximum atomic E-state index is 6.11. The maximum Gasteiger partial charge on any atom is 0.0952 e. The highest BCUT2D eigenvalue weighted by atomic mass is 35.5. The summed E-state index contributed by atoms with van der Waals surface area (Å²) in [5, 5.41) is 4.13. The molecule has 3 heteroatoms. The Morgan fingerprint density at radius 2 is 2.06 bits per heavy atom. The number of hydrogen-bond acceptors (Lipinski definition) is 2. The lowest BCUT2D eigenvalue weighted by Gasteiger charge is -2.31. The van der Waals surface area contributed by atoms with Crippen LogP contribution in [0.1, 0.15) is 37.9 Å². The lowest BCUT2D eigenvalue weighted by Crippen LogP contribution is -2.30. The van der Waals surface area contributed by atoms with Gasteiger partial charge in [0.2, 0.25) is 0 Å². The first-order chi connectivity index (χ1) is 8.29. The van der Waals surface area contributed by atoms with E-state index < -0.39 is 0 Å². The fourth-order valence-electron chi connectivity index (χ4n) is 1.94. The third-order valence-corrected chi connectivity index (χ3v) is 3.48. The molecule has 0 amide bonds. The molecular weight excluding hydrogens is 234 g/mol. The van der Waals surface area contributed by atoms with Gasteiger partial charge in [-0.05, 0) is 43.5 Å². The standard InChI is InChI=1S/C14H20ClNO/c1-2-16-10-14(17-13-4-3-5-13)11-6-8-12(15)9-7-11/h6-9,13-14,16H,2-5,10H2,1H3. The van der Waals surface area contributed by atoms with Crippen LogP contribution in [0.15, 0.2) is 24.3 Å². The van der Waals surface area contributed by atoms with Crippen LogP contribution in [0.5, 0.6) is 0 Å². The molecule has 1 N–H and O–H groups in total. The summed E-state index contributed by atoms with van der Waals surface area (Å²) < 4.78 is 6.11. The van der Waals surface area contributed by atoms with Crippen molar-refractivity contribution in [1.29, 1.82) is 0 Å². The van der Waals surface area contributed by atoms with Crippen LogP contribution in [-0.2, 0) is 4.74 Å². The van der Waals surface area contributed by atoms with Gasteiger partial charge in [-0.15, -0.1) is 0 Å². The minimum absolute atomic E-state index is 0.150. The van der Waals surface area contributed by atoms with E-state index >= 15 is 0 Å². The molecule has 1 unspecified atom stereocenters. The van der Waals surface area contributed by atoms with Gasteiger partial charge in [0.1, 0.15) is 0 Å². The van der Waals surface area contributed by atoms with E-state index in [1.54, 1.807) is 0 Å². The molecular formula is C14H20ClNO. The summed E-state index contributed by atoms with van der Waals surface area (Å²) in [5.41, 5.74) is 1.21. The van der Waals surface area contributed by atoms with Crippen molar-refractivity contribution in [2.45, 2.75) is 38.4 Å². The molecule has 1 aliphatic carbocycles. The molecule has 0 saturated heterocycles. The van der Waals surface area contributed by atoms with Crippen LogP contribution in [0.4, 0.5) is 0 Å². The second kappa shape index (κ2) is 6.39. The zero-order chi connectivity index (χ0) is 12.1. The van der Waals surface area contributed by atoms with Crippen molar-refractivity contribution < 1.29 is 4.74 Å². The van der Waals surface area contributed by atoms with E-state index in [1.165, 1.54) is 24.8 Å². The molecule has 2 rings (SSSR count). The molecule has 0 aromatic heterocycles. The average molecular weight is 254 g/mol. The van der Waals surface area contributed by atoms with Gasteiger partial charge in [0, 0.05) is 11.6 Å². The fraction of sp³-hybridized carbons (Fsp3) is 0.571. The largest absolute Gasteiger partial charge is 0.369 e. The Kier molecular flexibility index (Phi) is 4.84. The summed E-state index contributed by atoms with van der Waals surface area (Å²) in [6, 6.07) is 7.98. The van der Waals surface area contributed by atoms with Crippen molar-refractivity contribution in [3.63, 3.8) is 0 Å². The van der Waals surface area contributed by atoms with Gasteiger partial charge in [-0.3, -0.25) is 0 Å². The minimum atomic E-state index is 0.150. The van der Waals surface area contributed by atoms with E-state index in [9.17, 15) is 0 Å². The van der Waals surface area contributed by atoms with Crippen molar-refractivity contribution in [2.75, 3.05) is 13.1 Å². The molecule has 1 saturated carbocycles. The predicted molar refractivity (Wildman–Crippen MR) is 71.5 cm³/mol. The first-order valence-corrected chi connectivity index (χ1v) is 6.79. The van der Waals surface area contributed by atoms with E-state index in [0.29, 0.717) is 6.10 Å². The van der Waals surface area contributed by atoms with Crippen LogP contribution in [0.3, 0.4) is 0 Å². The SMILES string of the molecule is CCNCC(OC1CCC1)c1ccc(Cl)cc1. The van der Waals surface area contributed by atoms with Gasteiger partial charge in [-0.25, -0.2) is 0 Å². The lowest BCUT2D eigenvalue weighted by atomic mass is 9.95. The van der Waals surface area contributed by atoms with Crippen LogP contribution in [0.2, 0.25) is 5.02 Å². The third kappa shape index (κ3) is 3.70. The second-order valence-electron chi connectivity index (χ2n) is 4.54. The molecule has 1 aromatic rings. The number of rotatable bonds is 6. The first kappa shape index (κ1) is 12.9. The van der Waals surface area contributed by atoms with E-state index in [1.807, 2.05) is 12.1 Å². The maximum absolute atomic E-state index is 6.11. The van der Waals surface area contributed by atoms with Gasteiger partial charge in [-0.2, -0.15) is 0 Å². The van der Waals surface area contributed by atoms with Gasteiger partial charge in [-0.1, -0.05) is 30.7 Å². The zero-order valence-electron chi connectivity index (χ0n) is 10.3. The molecule has 2 nitrogen and oxygen atoms in total. The van der Waals surface area contributed by atoms with Crippen molar-refractivity contribution in [2.24, 2.45) is 0 Å². The first-order valence-electron chi connectivity index (χ1n) is 6.41. The van der Waals surface area contributed by atoms with Gasteiger partial charge < -0.3 is 10.1 Å². The topological polar surface area (TPSA) is 21.3 Å². The summed E-state index contributed by atoms with van der Waals surface area (Å²) in [4.78, 5) is 0. The molecule has 0 radical (unpaired) electrons. The normalized spacial score (nSPS) is 17.8. The van der Waals surface area contributed by atoms with Crippen LogP contribution in [0, 0.1) is 0 Å². The number of nitrogens with one attached hydrogen (secondary N) is 1. The zero-order valence-corrected chi connectivity index (χ0v) is 11.0. The molecule has 1 atom stereocenters. The van der Waals surface area contributed by atoms with Crippen molar-refractivity contribution in [1.82, 2.24) is 5.32 Å². The Hall–Kier alpha value is -0.570. The average Bonchev–Trinajstić information content (AvgIpc) is 2.28. The summed E-state index contributed by atoms with van der Waals surface area (Å²) in [6.07, 6.45) is 4.32. The highest BCUT2D eigenvalue weighted by molar-refractivity contribution is 6.30. The Balaban J connectivity index is 1.99. The van der Waals surface area contributed by atoms with Gasteiger partial charge in [0.05, 0.1) is 12.2 Å². The van der Waals surface area contributed by atoms with Crippen molar-refractivity contribution in [3.8, 4) is 0 Å². The Morgan fingerprint density at radius 3 is 2.59 bits per heavy atom. The molecule has 1 fully saturated rings. The number of likely N-dealkylation sites (N-methyl/N-ethyl adjacent to an activating group) is 1. The van der Waals surface area contributed by atoms with E-state index in [-0.39, 0.29) is 6.10 Å². The summed E-state index contributed by atoms with van der Waals surface area (Å²) in [6.45, 7) is 3.95.